The van der Waals surface area contributed by atoms with Crippen molar-refractivity contribution in [2.24, 2.45) is 0 Å². The van der Waals surface area contributed by atoms with Gasteiger partial charge in [0.05, 0.1) is 0 Å². The summed E-state index contributed by atoms with van der Waals surface area (Å²) in [6, 6.07) is 3.70. The molecule has 1 rings (SSSR count). The van der Waals surface area contributed by atoms with Crippen molar-refractivity contribution in [1.82, 2.24) is 4.98 Å². The quantitative estimate of drug-likeness (QED) is 0.645. The van der Waals surface area contributed by atoms with Crippen LogP contribution in [0, 0.1) is 6.92 Å². The third-order valence-electron chi connectivity index (χ3n) is 1.50. The molecule has 0 atom stereocenters. The van der Waals surface area contributed by atoms with Crippen molar-refractivity contribution in [1.29, 1.82) is 0 Å². The Morgan fingerprint density at radius 2 is 2.27 bits per heavy atom. The van der Waals surface area contributed by atoms with Crippen LogP contribution in [0.3, 0.4) is 0 Å². The molecule has 0 spiro atoms. The Kier molecular flexibility index (Phi) is 2.21. The summed E-state index contributed by atoms with van der Waals surface area (Å²) >= 11 is 0. The van der Waals surface area contributed by atoms with Gasteiger partial charge in [-0.3, -0.25) is 4.79 Å². The predicted molar refractivity (Wildman–Crippen MR) is 43.9 cm³/mol. The summed E-state index contributed by atoms with van der Waals surface area (Å²) < 4.78 is 0. The number of anilines is 1. The number of carbonyl (C=O) groups is 1. The summed E-state index contributed by atoms with van der Waals surface area (Å²) in [5.41, 5.74) is 1.40. The molecule has 0 saturated heterocycles. The maximum absolute atomic E-state index is 10.4. The minimum atomic E-state index is 0.497. The SMILES string of the molecule is CNc1ccc(C)c(C=O)n1. The molecule has 0 unspecified atom stereocenters. The zero-order valence-corrected chi connectivity index (χ0v) is 6.59. The van der Waals surface area contributed by atoms with Gasteiger partial charge in [-0.05, 0) is 18.6 Å². The monoisotopic (exact) mass is 150 g/mol. The van der Waals surface area contributed by atoms with Gasteiger partial charge in [0.15, 0.2) is 6.29 Å². The molecule has 0 fully saturated rings. The lowest BCUT2D eigenvalue weighted by molar-refractivity contribution is 0.111. The second-order valence-corrected chi connectivity index (χ2v) is 2.27. The molecule has 1 aromatic heterocycles. The summed E-state index contributed by atoms with van der Waals surface area (Å²) in [4.78, 5) is 14.4. The Morgan fingerprint density at radius 3 is 2.82 bits per heavy atom. The van der Waals surface area contributed by atoms with Crippen LogP contribution in [-0.4, -0.2) is 18.3 Å². The average Bonchev–Trinajstić information content (AvgIpc) is 2.05. The maximum Gasteiger partial charge on any atom is 0.168 e. The van der Waals surface area contributed by atoms with Gasteiger partial charge in [-0.1, -0.05) is 6.07 Å². The van der Waals surface area contributed by atoms with E-state index in [1.807, 2.05) is 19.1 Å². The van der Waals surface area contributed by atoms with Gasteiger partial charge in [-0.15, -0.1) is 0 Å². The highest BCUT2D eigenvalue weighted by atomic mass is 16.1. The summed E-state index contributed by atoms with van der Waals surface area (Å²) in [7, 11) is 1.77. The molecule has 1 aromatic rings. The highest BCUT2D eigenvalue weighted by molar-refractivity contribution is 5.74. The van der Waals surface area contributed by atoms with Crippen LogP contribution >= 0.6 is 0 Å². The number of aromatic nitrogens is 1. The van der Waals surface area contributed by atoms with Gasteiger partial charge in [0, 0.05) is 7.05 Å². The molecule has 58 valence electrons. The first-order chi connectivity index (χ1) is 5.27. The first-order valence-electron chi connectivity index (χ1n) is 3.38. The van der Waals surface area contributed by atoms with E-state index in [4.69, 9.17) is 0 Å². The highest BCUT2D eigenvalue weighted by Gasteiger charge is 1.98. The first-order valence-corrected chi connectivity index (χ1v) is 3.38. The zero-order chi connectivity index (χ0) is 8.27. The molecule has 1 heterocycles. The normalized spacial score (nSPS) is 9.27. The Hall–Kier alpha value is -1.38. The van der Waals surface area contributed by atoms with Gasteiger partial charge in [0.2, 0.25) is 0 Å². The minimum absolute atomic E-state index is 0.497. The largest absolute Gasteiger partial charge is 0.373 e. The van der Waals surface area contributed by atoms with Crippen molar-refractivity contribution >= 4 is 12.1 Å². The van der Waals surface area contributed by atoms with Crippen LogP contribution in [0.2, 0.25) is 0 Å². The number of pyridine rings is 1. The molecule has 0 aromatic carbocycles. The molecule has 11 heavy (non-hydrogen) atoms. The molecule has 0 bridgehead atoms. The minimum Gasteiger partial charge on any atom is -0.373 e. The zero-order valence-electron chi connectivity index (χ0n) is 6.59. The molecule has 0 aliphatic carbocycles. The van der Waals surface area contributed by atoms with Gasteiger partial charge in [-0.2, -0.15) is 0 Å². The van der Waals surface area contributed by atoms with Crippen LogP contribution in [0.1, 0.15) is 16.1 Å². The van der Waals surface area contributed by atoms with Gasteiger partial charge in [0.25, 0.3) is 0 Å². The van der Waals surface area contributed by atoms with Gasteiger partial charge < -0.3 is 5.32 Å². The molecular formula is C8H10N2O. The predicted octanol–water partition coefficient (Wildman–Crippen LogP) is 1.24. The molecule has 0 amide bonds. The number of rotatable bonds is 2. The van der Waals surface area contributed by atoms with Crippen LogP contribution in [0.25, 0.3) is 0 Å². The van der Waals surface area contributed by atoms with Crippen LogP contribution in [0.15, 0.2) is 12.1 Å². The lowest BCUT2D eigenvalue weighted by atomic mass is 10.2. The topological polar surface area (TPSA) is 42.0 Å². The van der Waals surface area contributed by atoms with Crippen LogP contribution in [0.5, 0.6) is 0 Å². The van der Waals surface area contributed by atoms with Crippen LogP contribution < -0.4 is 5.32 Å². The molecular weight excluding hydrogens is 140 g/mol. The van der Waals surface area contributed by atoms with Gasteiger partial charge in [-0.25, -0.2) is 4.98 Å². The first kappa shape index (κ1) is 7.72. The average molecular weight is 150 g/mol. The number of nitrogens with one attached hydrogen (secondary N) is 1. The summed E-state index contributed by atoms with van der Waals surface area (Å²) in [5.74, 6) is 0.720. The third kappa shape index (κ3) is 1.55. The Labute approximate surface area is 65.5 Å². The van der Waals surface area contributed by atoms with Gasteiger partial charge in [0.1, 0.15) is 11.5 Å². The van der Waals surface area contributed by atoms with Crippen molar-refractivity contribution in [3.63, 3.8) is 0 Å². The second-order valence-electron chi connectivity index (χ2n) is 2.27. The molecule has 1 N–H and O–H groups in total. The van der Waals surface area contributed by atoms with E-state index < -0.39 is 0 Å². The van der Waals surface area contributed by atoms with E-state index >= 15 is 0 Å². The van der Waals surface area contributed by atoms with Gasteiger partial charge >= 0.3 is 0 Å². The molecule has 0 aliphatic heterocycles. The summed E-state index contributed by atoms with van der Waals surface area (Å²) in [5, 5.41) is 2.86. The molecule has 0 radical (unpaired) electrons. The van der Waals surface area contributed by atoms with E-state index in [-0.39, 0.29) is 0 Å². The number of hydrogen-bond acceptors (Lipinski definition) is 3. The Morgan fingerprint density at radius 1 is 1.55 bits per heavy atom. The Balaban J connectivity index is 3.12. The summed E-state index contributed by atoms with van der Waals surface area (Å²) in [6.07, 6.45) is 0.760. The van der Waals surface area contributed by atoms with E-state index in [9.17, 15) is 4.79 Å². The number of aryl methyl sites for hydroxylation is 1. The highest BCUT2D eigenvalue weighted by Crippen LogP contribution is 2.06. The maximum atomic E-state index is 10.4. The Bertz CT molecular complexity index is 271. The van der Waals surface area contributed by atoms with Crippen molar-refractivity contribution in [3.8, 4) is 0 Å². The molecule has 3 nitrogen and oxygen atoms in total. The van der Waals surface area contributed by atoms with Crippen LogP contribution in [0.4, 0.5) is 5.82 Å². The van der Waals surface area contributed by atoms with Crippen molar-refractivity contribution in [2.45, 2.75) is 6.92 Å². The van der Waals surface area contributed by atoms with E-state index in [0.29, 0.717) is 5.69 Å². The second kappa shape index (κ2) is 3.14. The van der Waals surface area contributed by atoms with E-state index in [0.717, 1.165) is 17.7 Å². The van der Waals surface area contributed by atoms with E-state index in [1.165, 1.54) is 0 Å². The third-order valence-corrected chi connectivity index (χ3v) is 1.50. The van der Waals surface area contributed by atoms with Crippen LogP contribution in [-0.2, 0) is 0 Å². The molecule has 0 saturated carbocycles. The lowest BCUT2D eigenvalue weighted by Gasteiger charge is -2.00. The number of hydrogen-bond donors (Lipinski definition) is 1. The van der Waals surface area contributed by atoms with E-state index in [2.05, 4.69) is 10.3 Å². The lowest BCUT2D eigenvalue weighted by Crippen LogP contribution is -1.97. The number of nitrogens with zero attached hydrogens (tertiary/aromatic N) is 1. The number of carbonyl (C=O) groups excluding carboxylic acids is 1. The number of aldehydes is 1. The molecule has 0 aliphatic rings. The summed E-state index contributed by atoms with van der Waals surface area (Å²) in [6.45, 7) is 1.86. The smallest absolute Gasteiger partial charge is 0.168 e. The van der Waals surface area contributed by atoms with Crippen molar-refractivity contribution in [3.05, 3.63) is 23.4 Å². The fourth-order valence-electron chi connectivity index (χ4n) is 0.803. The fourth-order valence-corrected chi connectivity index (χ4v) is 0.803. The van der Waals surface area contributed by atoms with E-state index in [1.54, 1.807) is 7.05 Å². The van der Waals surface area contributed by atoms with Crippen molar-refractivity contribution in [2.75, 3.05) is 12.4 Å². The molecule has 3 heteroatoms. The van der Waals surface area contributed by atoms with Crippen molar-refractivity contribution < 1.29 is 4.79 Å². The fraction of sp³-hybridized carbons (Fsp3) is 0.250. The standard InChI is InChI=1S/C8H10N2O/c1-6-3-4-8(9-2)10-7(6)5-11/h3-5H,1-2H3,(H,9,10).